The summed E-state index contributed by atoms with van der Waals surface area (Å²) in [6, 6.07) is 0. The molecule has 0 aliphatic carbocycles. The van der Waals surface area contributed by atoms with E-state index < -0.39 is 0 Å². The predicted octanol–water partition coefficient (Wildman–Crippen LogP) is 1.02. The van der Waals surface area contributed by atoms with E-state index in [4.69, 9.17) is 5.73 Å². The van der Waals surface area contributed by atoms with Crippen LogP contribution in [0.1, 0.15) is 38.5 Å². The zero-order valence-corrected chi connectivity index (χ0v) is 16.0. The Kier molecular flexibility index (Phi) is 12.5. The van der Waals surface area contributed by atoms with Gasteiger partial charge in [-0.15, -0.1) is 24.8 Å². The van der Waals surface area contributed by atoms with Crippen molar-refractivity contribution in [1.29, 1.82) is 0 Å². The average molecular weight is 383 g/mol. The number of likely N-dealkylation sites (tertiary alicyclic amines) is 2. The van der Waals surface area contributed by atoms with Crippen LogP contribution in [0.5, 0.6) is 0 Å². The minimum absolute atomic E-state index is 0. The number of amides is 2. The smallest absolute Gasteiger partial charge is 0.241 e. The van der Waals surface area contributed by atoms with Crippen molar-refractivity contribution in [3.05, 3.63) is 0 Å². The van der Waals surface area contributed by atoms with Crippen LogP contribution in [0.3, 0.4) is 0 Å². The van der Waals surface area contributed by atoms with Crippen LogP contribution >= 0.6 is 24.8 Å². The van der Waals surface area contributed by atoms with Gasteiger partial charge in [0.1, 0.15) is 0 Å². The SMILES string of the molecule is Cl.Cl.NCC(=O)NCC(=O)N1CCCC(CN2CCCCCC2)C1. The largest absolute Gasteiger partial charge is 0.346 e. The first-order valence-corrected chi connectivity index (χ1v) is 8.66. The van der Waals surface area contributed by atoms with E-state index in [1.165, 1.54) is 45.2 Å². The number of hydrogen-bond donors (Lipinski definition) is 2. The number of carbonyl (C=O) groups is 2. The lowest BCUT2D eigenvalue weighted by Gasteiger charge is -2.35. The molecular formula is C16H32Cl2N4O2. The molecule has 2 saturated heterocycles. The van der Waals surface area contributed by atoms with Crippen molar-refractivity contribution in [3.63, 3.8) is 0 Å². The normalized spacial score (nSPS) is 21.9. The first kappa shape index (κ1) is 23.4. The van der Waals surface area contributed by atoms with E-state index in [1.807, 2.05) is 4.90 Å². The van der Waals surface area contributed by atoms with Gasteiger partial charge in [-0.2, -0.15) is 0 Å². The number of halogens is 2. The number of nitrogens with two attached hydrogens (primary N) is 1. The Morgan fingerprint density at radius 1 is 1.00 bits per heavy atom. The molecule has 2 amide bonds. The Hall–Kier alpha value is -0.560. The van der Waals surface area contributed by atoms with E-state index in [0.29, 0.717) is 5.92 Å². The van der Waals surface area contributed by atoms with Crippen molar-refractivity contribution in [3.8, 4) is 0 Å². The first-order chi connectivity index (χ1) is 10.7. The summed E-state index contributed by atoms with van der Waals surface area (Å²) in [7, 11) is 0. The fourth-order valence-electron chi connectivity index (χ4n) is 3.48. The van der Waals surface area contributed by atoms with Gasteiger partial charge in [-0.1, -0.05) is 12.8 Å². The third kappa shape index (κ3) is 8.01. The number of hydrogen-bond acceptors (Lipinski definition) is 4. The standard InChI is InChI=1S/C16H30N4O2.2ClH/c17-10-15(21)18-11-16(22)20-9-5-6-14(13-20)12-19-7-3-1-2-4-8-19;;/h14H,1-13,17H2,(H,18,21);2*1H. The maximum Gasteiger partial charge on any atom is 0.241 e. The molecule has 0 aromatic carbocycles. The van der Waals surface area contributed by atoms with Crippen LogP contribution in [-0.2, 0) is 9.59 Å². The van der Waals surface area contributed by atoms with E-state index in [9.17, 15) is 9.59 Å². The molecule has 3 N–H and O–H groups in total. The summed E-state index contributed by atoms with van der Waals surface area (Å²) in [5, 5.41) is 2.57. The van der Waals surface area contributed by atoms with Gasteiger partial charge in [0, 0.05) is 19.6 Å². The second-order valence-corrected chi connectivity index (χ2v) is 6.54. The topological polar surface area (TPSA) is 78.7 Å². The van der Waals surface area contributed by atoms with Crippen molar-refractivity contribution in [1.82, 2.24) is 15.1 Å². The van der Waals surface area contributed by atoms with Crippen molar-refractivity contribution in [2.75, 3.05) is 45.8 Å². The molecular weight excluding hydrogens is 351 g/mol. The Morgan fingerprint density at radius 2 is 1.67 bits per heavy atom. The molecule has 2 fully saturated rings. The summed E-state index contributed by atoms with van der Waals surface area (Å²) in [5.41, 5.74) is 5.23. The molecule has 2 rings (SSSR count). The summed E-state index contributed by atoms with van der Waals surface area (Å²) in [6.07, 6.45) is 7.59. The summed E-state index contributed by atoms with van der Waals surface area (Å²) >= 11 is 0. The van der Waals surface area contributed by atoms with Crippen molar-refractivity contribution >= 4 is 36.6 Å². The second kappa shape index (κ2) is 12.8. The molecule has 2 aliphatic heterocycles. The van der Waals surface area contributed by atoms with Crippen LogP contribution in [0.15, 0.2) is 0 Å². The molecule has 142 valence electrons. The van der Waals surface area contributed by atoms with Crippen LogP contribution in [0, 0.1) is 5.92 Å². The summed E-state index contributed by atoms with van der Waals surface area (Å²) in [5.74, 6) is 0.315. The molecule has 1 unspecified atom stereocenters. The van der Waals surface area contributed by atoms with Gasteiger partial charge in [0.2, 0.25) is 11.8 Å². The van der Waals surface area contributed by atoms with Gasteiger partial charge in [0.05, 0.1) is 13.1 Å². The lowest BCUT2D eigenvalue weighted by molar-refractivity contribution is -0.134. The number of rotatable bonds is 5. The summed E-state index contributed by atoms with van der Waals surface area (Å²) in [4.78, 5) is 27.8. The molecule has 8 heteroatoms. The molecule has 6 nitrogen and oxygen atoms in total. The number of piperidine rings is 1. The van der Waals surface area contributed by atoms with Gasteiger partial charge in [-0.05, 0) is 44.7 Å². The fourth-order valence-corrected chi connectivity index (χ4v) is 3.48. The first-order valence-electron chi connectivity index (χ1n) is 8.66. The number of nitrogens with zero attached hydrogens (tertiary/aromatic N) is 2. The lowest BCUT2D eigenvalue weighted by atomic mass is 9.97. The Balaban J connectivity index is 0.00000264. The van der Waals surface area contributed by atoms with Crippen LogP contribution in [0.25, 0.3) is 0 Å². The van der Waals surface area contributed by atoms with Gasteiger partial charge >= 0.3 is 0 Å². The maximum atomic E-state index is 12.2. The monoisotopic (exact) mass is 382 g/mol. The summed E-state index contributed by atoms with van der Waals surface area (Å²) < 4.78 is 0. The molecule has 0 aromatic heterocycles. The van der Waals surface area contributed by atoms with E-state index in [1.54, 1.807) is 0 Å². The number of carbonyl (C=O) groups excluding carboxylic acids is 2. The molecule has 0 radical (unpaired) electrons. The van der Waals surface area contributed by atoms with Crippen LogP contribution in [-0.4, -0.2) is 67.4 Å². The van der Waals surface area contributed by atoms with Gasteiger partial charge in [-0.3, -0.25) is 9.59 Å². The quantitative estimate of drug-likeness (QED) is 0.743. The van der Waals surface area contributed by atoms with E-state index >= 15 is 0 Å². The highest BCUT2D eigenvalue weighted by Gasteiger charge is 2.25. The molecule has 1 atom stereocenters. The van der Waals surface area contributed by atoms with Crippen molar-refractivity contribution < 1.29 is 9.59 Å². The third-order valence-corrected chi connectivity index (χ3v) is 4.71. The molecule has 2 aliphatic rings. The second-order valence-electron chi connectivity index (χ2n) is 6.54. The maximum absolute atomic E-state index is 12.2. The summed E-state index contributed by atoms with van der Waals surface area (Å²) in [6.45, 7) is 5.17. The lowest BCUT2D eigenvalue weighted by Crippen LogP contribution is -2.47. The van der Waals surface area contributed by atoms with E-state index in [2.05, 4.69) is 10.2 Å². The van der Waals surface area contributed by atoms with Gasteiger partial charge < -0.3 is 20.9 Å². The molecule has 24 heavy (non-hydrogen) atoms. The van der Waals surface area contributed by atoms with Crippen LogP contribution < -0.4 is 11.1 Å². The highest BCUT2D eigenvalue weighted by atomic mass is 35.5. The third-order valence-electron chi connectivity index (χ3n) is 4.71. The molecule has 2 heterocycles. The highest BCUT2D eigenvalue weighted by Crippen LogP contribution is 2.19. The van der Waals surface area contributed by atoms with E-state index in [-0.39, 0.29) is 49.7 Å². The van der Waals surface area contributed by atoms with Gasteiger partial charge in [0.15, 0.2) is 0 Å². The van der Waals surface area contributed by atoms with Gasteiger partial charge in [0.25, 0.3) is 0 Å². The van der Waals surface area contributed by atoms with E-state index in [0.717, 1.165) is 26.1 Å². The Morgan fingerprint density at radius 3 is 2.29 bits per heavy atom. The number of nitrogens with one attached hydrogen (secondary N) is 1. The minimum atomic E-state index is -0.272. The van der Waals surface area contributed by atoms with Crippen LogP contribution in [0.2, 0.25) is 0 Å². The Bertz CT molecular complexity index is 377. The highest BCUT2D eigenvalue weighted by molar-refractivity contribution is 5.86. The van der Waals surface area contributed by atoms with Crippen LogP contribution in [0.4, 0.5) is 0 Å². The van der Waals surface area contributed by atoms with Crippen molar-refractivity contribution in [2.45, 2.75) is 38.5 Å². The minimum Gasteiger partial charge on any atom is -0.346 e. The van der Waals surface area contributed by atoms with Gasteiger partial charge in [-0.25, -0.2) is 0 Å². The molecule has 0 saturated carbocycles. The molecule has 0 spiro atoms. The van der Waals surface area contributed by atoms with Crippen molar-refractivity contribution in [2.24, 2.45) is 11.7 Å². The average Bonchev–Trinajstić information content (AvgIpc) is 2.81. The zero-order valence-electron chi connectivity index (χ0n) is 14.4. The Labute approximate surface area is 157 Å². The molecule has 0 bridgehead atoms. The predicted molar refractivity (Wildman–Crippen MR) is 101 cm³/mol. The zero-order chi connectivity index (χ0) is 15.8. The molecule has 0 aromatic rings. The fraction of sp³-hybridized carbons (Fsp3) is 0.875.